The van der Waals surface area contributed by atoms with Crippen molar-refractivity contribution in [1.82, 2.24) is 0 Å². The van der Waals surface area contributed by atoms with Crippen LogP contribution in [0.4, 0.5) is 11.4 Å². The predicted molar refractivity (Wildman–Crippen MR) is 95.2 cm³/mol. The van der Waals surface area contributed by atoms with Crippen molar-refractivity contribution >= 4 is 23.2 Å². The largest absolute Gasteiger partial charge is 0.497 e. The second-order valence-corrected chi connectivity index (χ2v) is 5.88. The number of rotatable bonds is 5. The van der Waals surface area contributed by atoms with Crippen molar-refractivity contribution in [3.05, 3.63) is 48.0 Å². The smallest absolute Gasteiger partial charge is 0.256 e. The highest BCUT2D eigenvalue weighted by Crippen LogP contribution is 2.35. The number of hydrogen-bond donors (Lipinski definition) is 1. The Bertz CT molecular complexity index is 819. The van der Waals surface area contributed by atoms with Gasteiger partial charge in [0, 0.05) is 11.8 Å². The number of hydrogen-bond acceptors (Lipinski definition) is 5. The average Bonchev–Trinajstić information content (AvgIpc) is 2.88. The van der Waals surface area contributed by atoms with Crippen molar-refractivity contribution in [3.8, 4) is 11.5 Å². The van der Waals surface area contributed by atoms with E-state index in [9.17, 15) is 9.59 Å². The van der Waals surface area contributed by atoms with Crippen molar-refractivity contribution in [3.63, 3.8) is 0 Å². The molecule has 0 bridgehead atoms. The number of nitrogens with one attached hydrogen (secondary N) is 1. The van der Waals surface area contributed by atoms with E-state index in [1.54, 1.807) is 25.3 Å². The van der Waals surface area contributed by atoms with Crippen LogP contribution in [0.2, 0.25) is 0 Å². The Hall–Kier alpha value is -3.02. The fourth-order valence-corrected chi connectivity index (χ4v) is 2.90. The van der Waals surface area contributed by atoms with Crippen LogP contribution in [0.3, 0.4) is 0 Å². The molecule has 0 unspecified atom stereocenters. The van der Waals surface area contributed by atoms with Gasteiger partial charge >= 0.3 is 0 Å². The number of ether oxygens (including phenoxy) is 2. The van der Waals surface area contributed by atoms with Crippen LogP contribution in [-0.2, 0) is 9.59 Å². The third-order valence-corrected chi connectivity index (χ3v) is 4.13. The van der Waals surface area contributed by atoms with Crippen LogP contribution >= 0.6 is 0 Å². The number of methoxy groups -OCH3 is 2. The van der Waals surface area contributed by atoms with Gasteiger partial charge in [-0.1, -0.05) is 12.1 Å². The average molecular weight is 340 g/mol. The summed E-state index contributed by atoms with van der Waals surface area (Å²) in [4.78, 5) is 26.4. The standard InChI is InChI=1S/C19H20N2O4/c1-12-5-4-6-13(9-12)20-15-11-18(22)21(19(15)23)16-8-7-14(24-2)10-17(16)25-3/h4-10,15,20H,11H2,1-3H3/t15-/m1/s1. The molecule has 6 nitrogen and oxygen atoms in total. The molecular formula is C19H20N2O4. The van der Waals surface area contributed by atoms with E-state index in [2.05, 4.69) is 5.32 Å². The van der Waals surface area contributed by atoms with E-state index in [0.29, 0.717) is 17.2 Å². The fourth-order valence-electron chi connectivity index (χ4n) is 2.90. The van der Waals surface area contributed by atoms with Crippen molar-refractivity contribution in [1.29, 1.82) is 0 Å². The molecule has 6 heteroatoms. The second kappa shape index (κ2) is 6.84. The zero-order valence-electron chi connectivity index (χ0n) is 14.4. The molecule has 1 atom stereocenters. The summed E-state index contributed by atoms with van der Waals surface area (Å²) < 4.78 is 10.5. The summed E-state index contributed by atoms with van der Waals surface area (Å²) in [7, 11) is 3.04. The van der Waals surface area contributed by atoms with E-state index in [0.717, 1.165) is 11.3 Å². The van der Waals surface area contributed by atoms with Gasteiger partial charge in [-0.25, -0.2) is 4.90 Å². The molecule has 3 rings (SSSR count). The van der Waals surface area contributed by atoms with E-state index in [-0.39, 0.29) is 18.2 Å². The molecule has 130 valence electrons. The zero-order chi connectivity index (χ0) is 18.0. The summed E-state index contributed by atoms with van der Waals surface area (Å²) in [6.45, 7) is 1.97. The minimum Gasteiger partial charge on any atom is -0.497 e. The fraction of sp³-hybridized carbons (Fsp3) is 0.263. The number of benzene rings is 2. The van der Waals surface area contributed by atoms with Crippen LogP contribution in [0.25, 0.3) is 0 Å². The first kappa shape index (κ1) is 16.8. The third-order valence-electron chi connectivity index (χ3n) is 4.13. The van der Waals surface area contributed by atoms with Crippen molar-refractivity contribution in [2.45, 2.75) is 19.4 Å². The molecule has 0 saturated carbocycles. The normalized spacial score (nSPS) is 16.9. The van der Waals surface area contributed by atoms with Gasteiger partial charge in [0.25, 0.3) is 5.91 Å². The van der Waals surface area contributed by atoms with Crippen molar-refractivity contribution in [2.24, 2.45) is 0 Å². The monoisotopic (exact) mass is 340 g/mol. The molecule has 0 spiro atoms. The molecule has 2 amide bonds. The number of carbonyl (C=O) groups is 2. The molecule has 1 fully saturated rings. The zero-order valence-corrected chi connectivity index (χ0v) is 14.4. The Morgan fingerprint density at radius 1 is 1.08 bits per heavy atom. The molecule has 0 radical (unpaired) electrons. The molecule has 25 heavy (non-hydrogen) atoms. The minimum atomic E-state index is -0.596. The van der Waals surface area contributed by atoms with Crippen LogP contribution in [-0.4, -0.2) is 32.1 Å². The van der Waals surface area contributed by atoms with Crippen molar-refractivity contribution < 1.29 is 19.1 Å². The van der Waals surface area contributed by atoms with Gasteiger partial charge in [-0.15, -0.1) is 0 Å². The summed E-state index contributed by atoms with van der Waals surface area (Å²) >= 11 is 0. The summed E-state index contributed by atoms with van der Waals surface area (Å²) in [5.41, 5.74) is 2.32. The molecule has 1 aliphatic heterocycles. The summed E-state index contributed by atoms with van der Waals surface area (Å²) in [6, 6.07) is 12.1. The Morgan fingerprint density at radius 2 is 1.88 bits per heavy atom. The van der Waals surface area contributed by atoms with Gasteiger partial charge in [0.15, 0.2) is 0 Å². The SMILES string of the molecule is COc1ccc(N2C(=O)C[C@@H](Nc3cccc(C)c3)C2=O)c(OC)c1. The van der Waals surface area contributed by atoms with Gasteiger partial charge in [0.2, 0.25) is 5.91 Å². The number of imide groups is 1. The highest BCUT2D eigenvalue weighted by molar-refractivity contribution is 6.23. The second-order valence-electron chi connectivity index (χ2n) is 5.88. The lowest BCUT2D eigenvalue weighted by Crippen LogP contribution is -2.35. The molecule has 1 saturated heterocycles. The quantitative estimate of drug-likeness (QED) is 0.848. The van der Waals surface area contributed by atoms with Crippen LogP contribution in [0.1, 0.15) is 12.0 Å². The van der Waals surface area contributed by atoms with Crippen molar-refractivity contribution in [2.75, 3.05) is 24.4 Å². The number of amides is 2. The maximum atomic E-state index is 12.8. The summed E-state index contributed by atoms with van der Waals surface area (Å²) in [5, 5.41) is 3.14. The van der Waals surface area contributed by atoms with Crippen LogP contribution < -0.4 is 19.7 Å². The molecule has 1 aliphatic rings. The maximum absolute atomic E-state index is 12.8. The summed E-state index contributed by atoms with van der Waals surface area (Å²) in [6.07, 6.45) is 0.0992. The van der Waals surface area contributed by atoms with E-state index in [1.165, 1.54) is 12.0 Å². The molecule has 0 aromatic heterocycles. The first-order valence-electron chi connectivity index (χ1n) is 7.95. The molecular weight excluding hydrogens is 320 g/mol. The maximum Gasteiger partial charge on any atom is 0.256 e. The number of aryl methyl sites for hydroxylation is 1. The lowest BCUT2D eigenvalue weighted by atomic mass is 10.2. The lowest BCUT2D eigenvalue weighted by Gasteiger charge is -2.19. The third kappa shape index (κ3) is 3.28. The first-order valence-corrected chi connectivity index (χ1v) is 7.95. The Labute approximate surface area is 146 Å². The topological polar surface area (TPSA) is 67.9 Å². The van der Waals surface area contributed by atoms with Gasteiger partial charge in [-0.05, 0) is 36.8 Å². The van der Waals surface area contributed by atoms with Gasteiger partial charge in [0.1, 0.15) is 17.5 Å². The summed E-state index contributed by atoms with van der Waals surface area (Å²) in [5.74, 6) is 0.444. The first-order chi connectivity index (χ1) is 12.0. The highest BCUT2D eigenvalue weighted by atomic mass is 16.5. The van der Waals surface area contributed by atoms with Gasteiger partial charge < -0.3 is 14.8 Å². The van der Waals surface area contributed by atoms with E-state index in [4.69, 9.17) is 9.47 Å². The number of anilines is 2. The molecule has 1 N–H and O–H groups in total. The van der Waals surface area contributed by atoms with Gasteiger partial charge in [0.05, 0.1) is 26.3 Å². The van der Waals surface area contributed by atoms with Gasteiger partial charge in [-0.2, -0.15) is 0 Å². The molecule has 2 aromatic carbocycles. The van der Waals surface area contributed by atoms with Crippen LogP contribution in [0.15, 0.2) is 42.5 Å². The van der Waals surface area contributed by atoms with Crippen LogP contribution in [0.5, 0.6) is 11.5 Å². The Morgan fingerprint density at radius 3 is 2.56 bits per heavy atom. The molecule has 1 heterocycles. The van der Waals surface area contributed by atoms with Crippen LogP contribution in [0, 0.1) is 6.92 Å². The number of nitrogens with zero attached hydrogens (tertiary/aromatic N) is 1. The number of carbonyl (C=O) groups excluding carboxylic acids is 2. The lowest BCUT2D eigenvalue weighted by molar-refractivity contribution is -0.121. The van der Waals surface area contributed by atoms with E-state index in [1.807, 2.05) is 31.2 Å². The molecule has 2 aromatic rings. The Balaban J connectivity index is 1.86. The molecule has 0 aliphatic carbocycles. The highest BCUT2D eigenvalue weighted by Gasteiger charge is 2.40. The van der Waals surface area contributed by atoms with E-state index >= 15 is 0 Å². The van der Waals surface area contributed by atoms with Gasteiger partial charge in [-0.3, -0.25) is 9.59 Å². The van der Waals surface area contributed by atoms with E-state index < -0.39 is 6.04 Å². The Kier molecular flexibility index (Phi) is 4.61. The minimum absolute atomic E-state index is 0.0992. The predicted octanol–water partition coefficient (Wildman–Crippen LogP) is 2.76.